The van der Waals surface area contributed by atoms with Gasteiger partial charge in [-0.3, -0.25) is 4.79 Å². The number of rotatable bonds is 12. The van der Waals surface area contributed by atoms with Crippen molar-refractivity contribution in [1.29, 1.82) is 0 Å². The molecule has 0 N–H and O–H groups in total. The van der Waals surface area contributed by atoms with E-state index in [9.17, 15) is 4.79 Å². The van der Waals surface area contributed by atoms with E-state index in [-0.39, 0.29) is 5.91 Å². The molecule has 0 aliphatic rings. The van der Waals surface area contributed by atoms with E-state index in [1.807, 2.05) is 20.8 Å². The Balaban J connectivity index is 0. The van der Waals surface area contributed by atoms with E-state index in [2.05, 4.69) is 49.9 Å². The van der Waals surface area contributed by atoms with Crippen molar-refractivity contribution in [2.24, 2.45) is 0 Å². The summed E-state index contributed by atoms with van der Waals surface area (Å²) in [6.07, 6.45) is 0.495. The third-order valence-electron chi connectivity index (χ3n) is 5.49. The van der Waals surface area contributed by atoms with E-state index in [4.69, 9.17) is 8.85 Å². The van der Waals surface area contributed by atoms with Crippen LogP contribution in [0.4, 0.5) is 0 Å². The molecule has 164 valence electrons. The van der Waals surface area contributed by atoms with Gasteiger partial charge in [-0.15, -0.1) is 0 Å². The van der Waals surface area contributed by atoms with Crippen molar-refractivity contribution < 1.29 is 13.6 Å². The molecule has 1 amide bonds. The van der Waals surface area contributed by atoms with Gasteiger partial charge >= 0.3 is 8.72 Å². The second-order valence-corrected chi connectivity index (χ2v) is 14.5. The first-order valence-corrected chi connectivity index (χ1v) is 15.4. The average molecular weight is 422 g/mol. The van der Waals surface area contributed by atoms with E-state index in [0.29, 0.717) is 13.0 Å². The fraction of sp³-hybridized carbons (Fsp3) is 0.947. The van der Waals surface area contributed by atoms with Gasteiger partial charge in [0.05, 0.1) is 0 Å². The fourth-order valence-electron chi connectivity index (χ4n) is 3.78. The zero-order chi connectivity index (χ0) is 21.7. The number of nitrogens with zero attached hydrogens (tertiary/aromatic N) is 3. The number of carbonyl (C=O) groups excluding carboxylic acids is 1. The first-order chi connectivity index (χ1) is 12.7. The van der Waals surface area contributed by atoms with E-state index in [1.165, 1.54) is 26.2 Å². The largest absolute Gasteiger partial charge is 0.460 e. The summed E-state index contributed by atoms with van der Waals surface area (Å²) in [5.41, 5.74) is 0. The molecule has 0 aromatic rings. The fourth-order valence-corrected chi connectivity index (χ4v) is 9.86. The molecule has 0 radical (unpaired) electrons. The van der Waals surface area contributed by atoms with E-state index < -0.39 is 17.1 Å². The molecule has 0 saturated heterocycles. The van der Waals surface area contributed by atoms with Gasteiger partial charge in [0.25, 0.3) is 0 Å². The Morgan fingerprint density at radius 3 is 1.30 bits per heavy atom. The number of carbonyl (C=O) groups is 1. The van der Waals surface area contributed by atoms with Crippen molar-refractivity contribution in [3.8, 4) is 0 Å². The van der Waals surface area contributed by atoms with Crippen molar-refractivity contribution >= 4 is 23.0 Å². The minimum absolute atomic E-state index is 0.102. The first kappa shape index (κ1) is 28.9. The maximum Gasteiger partial charge on any atom is 0.460 e. The molecule has 27 heavy (non-hydrogen) atoms. The molecule has 0 bridgehead atoms. The summed E-state index contributed by atoms with van der Waals surface area (Å²) >= 11 is 0. The second-order valence-electron chi connectivity index (χ2n) is 6.81. The smallest absolute Gasteiger partial charge is 0.382 e. The number of hydrogen-bond acceptors (Lipinski definition) is 5. The highest BCUT2D eigenvalue weighted by Crippen LogP contribution is 2.18. The predicted octanol–water partition coefficient (Wildman–Crippen LogP) is 3.87. The quantitative estimate of drug-likeness (QED) is 0.448. The van der Waals surface area contributed by atoms with Crippen molar-refractivity contribution in [1.82, 2.24) is 13.7 Å². The lowest BCUT2D eigenvalue weighted by Crippen LogP contribution is -2.61. The molecule has 0 fully saturated rings. The Morgan fingerprint density at radius 2 is 1.11 bits per heavy atom. The monoisotopic (exact) mass is 421 g/mol. The zero-order valence-corrected chi connectivity index (χ0v) is 22.0. The molecule has 0 rings (SSSR count). The van der Waals surface area contributed by atoms with Gasteiger partial charge in [0, 0.05) is 33.2 Å². The Labute approximate surface area is 171 Å². The van der Waals surface area contributed by atoms with Crippen LogP contribution >= 0.6 is 0 Å². The molecule has 0 unspecified atom stereocenters. The van der Waals surface area contributed by atoms with Gasteiger partial charge < -0.3 is 22.5 Å². The number of hydrogen-bond donors (Lipinski definition) is 0. The van der Waals surface area contributed by atoms with Crippen LogP contribution in [-0.2, 0) is 13.6 Å². The molecule has 0 saturated carbocycles. The van der Waals surface area contributed by atoms with Gasteiger partial charge in [0.2, 0.25) is 5.91 Å². The molecular formula is C19H47N3O3Si2. The lowest BCUT2D eigenvalue weighted by Gasteiger charge is -2.43. The first-order valence-electron chi connectivity index (χ1n) is 10.6. The van der Waals surface area contributed by atoms with Gasteiger partial charge in [-0.1, -0.05) is 41.5 Å². The highest BCUT2D eigenvalue weighted by molar-refractivity contribution is 6.71. The third kappa shape index (κ3) is 7.94. The molecule has 0 heterocycles. The van der Waals surface area contributed by atoms with Crippen LogP contribution in [0.3, 0.4) is 0 Å². The Hall–Kier alpha value is -0.256. The van der Waals surface area contributed by atoms with Crippen molar-refractivity contribution in [3.63, 3.8) is 0 Å². The summed E-state index contributed by atoms with van der Waals surface area (Å²) in [4.78, 5) is 11.7. The maximum atomic E-state index is 11.7. The van der Waals surface area contributed by atoms with Crippen LogP contribution in [0.25, 0.3) is 0 Å². The summed E-state index contributed by atoms with van der Waals surface area (Å²) in [5, 5.41) is 0. The Bertz CT molecular complexity index is 364. The molecule has 0 atom stereocenters. The van der Waals surface area contributed by atoms with Crippen molar-refractivity contribution in [2.45, 2.75) is 74.0 Å². The molecule has 0 aliphatic heterocycles. The third-order valence-corrected chi connectivity index (χ3v) is 13.4. The van der Waals surface area contributed by atoms with Crippen LogP contribution in [0.2, 0.25) is 19.1 Å². The minimum Gasteiger partial charge on any atom is -0.382 e. The minimum atomic E-state index is -2.45. The lowest BCUT2D eigenvalue weighted by atomic mass is 10.4. The summed E-state index contributed by atoms with van der Waals surface area (Å²) in [5.74, 6) is 0.102. The molecule has 6 nitrogen and oxygen atoms in total. The topological polar surface area (TPSA) is 45.3 Å². The summed E-state index contributed by atoms with van der Waals surface area (Å²) < 4.78 is 17.9. The van der Waals surface area contributed by atoms with Gasteiger partial charge in [-0.2, -0.15) is 0 Å². The molecule has 0 aliphatic carbocycles. The highest BCUT2D eigenvalue weighted by Gasteiger charge is 2.43. The van der Waals surface area contributed by atoms with E-state index in [0.717, 1.165) is 6.04 Å². The van der Waals surface area contributed by atoms with E-state index in [1.54, 1.807) is 18.8 Å². The van der Waals surface area contributed by atoms with Crippen LogP contribution in [0, 0.1) is 0 Å². The van der Waals surface area contributed by atoms with Crippen molar-refractivity contribution in [2.75, 3.05) is 46.9 Å². The molecular weight excluding hydrogens is 374 g/mol. The molecule has 0 spiro atoms. The Morgan fingerprint density at radius 1 is 0.741 bits per heavy atom. The lowest BCUT2D eigenvalue weighted by molar-refractivity contribution is -0.128. The standard InChI is InChI=1S/C10H26N2Si.C9H21NO3Si/c1-7-11(8-2)13(5,6)12(9-3)10-4;1-6-9(11)10(7-2)14(8-3,12-4)13-5/h7-10H2,1-6H3;6-8H2,1-5H3. The molecule has 8 heteroatoms. The second kappa shape index (κ2) is 14.7. The summed E-state index contributed by atoms with van der Waals surface area (Å²) in [6, 6.07) is 0.750. The summed E-state index contributed by atoms with van der Waals surface area (Å²) in [7, 11) is -0.511. The van der Waals surface area contributed by atoms with E-state index >= 15 is 0 Å². The normalized spacial score (nSPS) is 12.2. The zero-order valence-electron chi connectivity index (χ0n) is 20.0. The van der Waals surface area contributed by atoms with Gasteiger partial charge in [-0.25, -0.2) is 0 Å². The SMILES string of the molecule is CCC(=O)N(CC)[Si](CC)(OC)OC.CCN(CC)[Si](C)(C)N(CC)CC. The highest BCUT2D eigenvalue weighted by atomic mass is 28.4. The molecule has 0 aromatic carbocycles. The van der Waals surface area contributed by atoms with Crippen molar-refractivity contribution in [3.05, 3.63) is 0 Å². The van der Waals surface area contributed by atoms with Crippen LogP contribution < -0.4 is 0 Å². The molecule has 0 aromatic heterocycles. The van der Waals surface area contributed by atoms with Crippen LogP contribution in [0.15, 0.2) is 0 Å². The van der Waals surface area contributed by atoms with Gasteiger partial charge in [0.1, 0.15) is 0 Å². The van der Waals surface area contributed by atoms with Gasteiger partial charge in [0.15, 0.2) is 8.40 Å². The van der Waals surface area contributed by atoms with Crippen LogP contribution in [0.5, 0.6) is 0 Å². The Kier molecular flexibility index (Phi) is 15.8. The summed E-state index contributed by atoms with van der Waals surface area (Å²) in [6.45, 7) is 25.2. The van der Waals surface area contributed by atoms with Gasteiger partial charge in [-0.05, 0) is 46.2 Å². The average Bonchev–Trinajstić information content (AvgIpc) is 2.67. The maximum absolute atomic E-state index is 11.7. The predicted molar refractivity (Wildman–Crippen MR) is 121 cm³/mol. The van der Waals surface area contributed by atoms with Crippen LogP contribution in [-0.4, -0.2) is 83.7 Å². The van der Waals surface area contributed by atoms with Crippen LogP contribution in [0.1, 0.15) is 54.9 Å². The number of amides is 1.